The number of halogens is 1. The molecule has 0 aliphatic rings. The van der Waals surface area contributed by atoms with Crippen LogP contribution in [-0.4, -0.2) is 5.78 Å². The monoisotopic (exact) mass is 430 g/mol. The molecule has 0 unspecified atom stereocenters. The van der Waals surface area contributed by atoms with Crippen molar-refractivity contribution in [2.45, 2.75) is 26.4 Å². The Bertz CT molecular complexity index is 903. The number of ether oxygens (including phenoxy) is 1. The van der Waals surface area contributed by atoms with Gasteiger partial charge in [-0.2, -0.15) is 0 Å². The minimum atomic E-state index is -0.0415. The fourth-order valence-electron chi connectivity index (χ4n) is 2.35. The zero-order chi connectivity index (χ0) is 18.5. The van der Waals surface area contributed by atoms with Gasteiger partial charge in [0, 0.05) is 9.85 Å². The van der Waals surface area contributed by atoms with E-state index in [1.165, 1.54) is 23.0 Å². The first-order valence-electron chi connectivity index (χ1n) is 8.29. The van der Waals surface area contributed by atoms with Gasteiger partial charge in [-0.05, 0) is 69.9 Å². The third kappa shape index (κ3) is 4.96. The third-order valence-corrected chi connectivity index (χ3v) is 5.53. The summed E-state index contributed by atoms with van der Waals surface area (Å²) in [4.78, 5) is 12.7. The van der Waals surface area contributed by atoms with E-state index in [0.717, 1.165) is 10.2 Å². The number of benzene rings is 1. The molecular weight excluding hydrogens is 412 g/mol. The van der Waals surface area contributed by atoms with Gasteiger partial charge < -0.3 is 9.15 Å². The summed E-state index contributed by atoms with van der Waals surface area (Å²) < 4.78 is 12.4. The number of hydrogen-bond donors (Lipinski definition) is 0. The Morgan fingerprint density at radius 2 is 2.00 bits per heavy atom. The Morgan fingerprint density at radius 3 is 2.65 bits per heavy atom. The van der Waals surface area contributed by atoms with Crippen molar-refractivity contribution in [1.29, 1.82) is 0 Å². The lowest BCUT2D eigenvalue weighted by Gasteiger charge is -2.07. The van der Waals surface area contributed by atoms with Crippen molar-refractivity contribution in [3.05, 3.63) is 80.4 Å². The molecule has 5 heteroatoms. The van der Waals surface area contributed by atoms with Crippen LogP contribution in [-0.2, 0) is 6.61 Å². The Morgan fingerprint density at radius 1 is 1.23 bits per heavy atom. The molecule has 0 saturated heterocycles. The zero-order valence-electron chi connectivity index (χ0n) is 14.6. The predicted octanol–water partition coefficient (Wildman–Crippen LogP) is 6.70. The van der Waals surface area contributed by atoms with Gasteiger partial charge in [-0.15, -0.1) is 11.3 Å². The molecule has 2 heterocycles. The van der Waals surface area contributed by atoms with E-state index in [1.54, 1.807) is 6.08 Å². The van der Waals surface area contributed by atoms with Gasteiger partial charge in [-0.25, -0.2) is 0 Å². The highest BCUT2D eigenvalue weighted by atomic mass is 79.9. The van der Waals surface area contributed by atoms with Gasteiger partial charge >= 0.3 is 0 Å². The molecule has 0 aliphatic heterocycles. The number of furan rings is 1. The van der Waals surface area contributed by atoms with Crippen LogP contribution in [0.1, 0.15) is 46.5 Å². The highest BCUT2D eigenvalue weighted by Crippen LogP contribution is 2.22. The molecule has 3 rings (SSSR count). The van der Waals surface area contributed by atoms with Crippen LogP contribution in [0.4, 0.5) is 0 Å². The second kappa shape index (κ2) is 8.52. The Kier molecular flexibility index (Phi) is 6.12. The summed E-state index contributed by atoms with van der Waals surface area (Å²) in [7, 11) is 0. The number of hydrogen-bond acceptors (Lipinski definition) is 4. The van der Waals surface area contributed by atoms with E-state index >= 15 is 0 Å². The van der Waals surface area contributed by atoms with E-state index in [4.69, 9.17) is 9.15 Å². The van der Waals surface area contributed by atoms with E-state index in [-0.39, 0.29) is 5.78 Å². The van der Waals surface area contributed by atoms with Crippen LogP contribution >= 0.6 is 27.3 Å². The molecule has 2 aromatic heterocycles. The number of thiophene rings is 1. The fraction of sp³-hybridized carbons (Fsp3) is 0.190. The average Bonchev–Trinajstić information content (AvgIpc) is 3.27. The molecule has 0 saturated carbocycles. The molecule has 0 N–H and O–H groups in total. The van der Waals surface area contributed by atoms with Crippen molar-refractivity contribution in [3.8, 4) is 5.75 Å². The Hall–Kier alpha value is -2.11. The van der Waals surface area contributed by atoms with E-state index in [2.05, 4.69) is 41.9 Å². The minimum absolute atomic E-state index is 0.0415. The second-order valence-corrected chi connectivity index (χ2v) is 7.97. The largest absolute Gasteiger partial charge is 0.486 e. The summed E-state index contributed by atoms with van der Waals surface area (Å²) in [6, 6.07) is 13.6. The third-order valence-electron chi connectivity index (χ3n) is 3.82. The smallest absolute Gasteiger partial charge is 0.195 e. The van der Waals surface area contributed by atoms with Gasteiger partial charge in [0.2, 0.25) is 0 Å². The minimum Gasteiger partial charge on any atom is -0.486 e. The van der Waals surface area contributed by atoms with Crippen molar-refractivity contribution < 1.29 is 13.9 Å². The summed E-state index contributed by atoms with van der Waals surface area (Å²) in [5.74, 6) is 2.61. The van der Waals surface area contributed by atoms with Gasteiger partial charge in [-0.3, -0.25) is 4.79 Å². The summed E-state index contributed by atoms with van der Waals surface area (Å²) in [5.41, 5.74) is 1.28. The average molecular weight is 431 g/mol. The van der Waals surface area contributed by atoms with Gasteiger partial charge in [0.05, 0.1) is 4.88 Å². The van der Waals surface area contributed by atoms with E-state index in [0.29, 0.717) is 28.9 Å². The number of carbonyl (C=O) groups excluding carboxylic acids is 1. The molecule has 26 heavy (non-hydrogen) atoms. The molecule has 134 valence electrons. The molecule has 0 amide bonds. The lowest BCUT2D eigenvalue weighted by atomic mass is 10.0. The first-order valence-corrected chi connectivity index (χ1v) is 9.96. The molecule has 0 atom stereocenters. The van der Waals surface area contributed by atoms with Crippen molar-refractivity contribution in [2.24, 2.45) is 0 Å². The van der Waals surface area contributed by atoms with Gasteiger partial charge in [-0.1, -0.05) is 26.0 Å². The number of ketones is 1. The van der Waals surface area contributed by atoms with E-state index in [1.807, 2.05) is 35.7 Å². The molecule has 0 radical (unpaired) electrons. The van der Waals surface area contributed by atoms with Crippen LogP contribution in [0.5, 0.6) is 5.75 Å². The normalized spacial score (nSPS) is 11.4. The van der Waals surface area contributed by atoms with Crippen LogP contribution in [0.25, 0.3) is 6.08 Å². The number of carbonyl (C=O) groups is 1. The van der Waals surface area contributed by atoms with Gasteiger partial charge in [0.15, 0.2) is 5.78 Å². The molecule has 0 spiro atoms. The Labute approximate surface area is 165 Å². The first kappa shape index (κ1) is 18.7. The molecule has 0 fully saturated rings. The van der Waals surface area contributed by atoms with E-state index in [9.17, 15) is 4.79 Å². The molecular formula is C21H19BrO3S. The van der Waals surface area contributed by atoms with Crippen LogP contribution in [0, 0.1) is 0 Å². The maximum atomic E-state index is 12.1. The van der Waals surface area contributed by atoms with Crippen molar-refractivity contribution in [3.63, 3.8) is 0 Å². The van der Waals surface area contributed by atoms with E-state index < -0.39 is 0 Å². The van der Waals surface area contributed by atoms with Crippen molar-refractivity contribution >= 4 is 39.1 Å². The maximum Gasteiger partial charge on any atom is 0.195 e. The van der Waals surface area contributed by atoms with Crippen molar-refractivity contribution in [2.75, 3.05) is 0 Å². The molecule has 3 aromatic rings. The number of rotatable bonds is 7. The van der Waals surface area contributed by atoms with Crippen LogP contribution in [0.2, 0.25) is 0 Å². The standard InChI is InChI=1S/C21H19BrO3S/c1-14(2)15-3-5-17(6-4-15)24-12-19-8-7-18(25-19)9-10-20(23)21-11-16(22)13-26-21/h3-11,13-14H,12H2,1-2H3/b10-9+. The SMILES string of the molecule is CC(C)c1ccc(OCc2ccc(/C=C/C(=O)c3cc(Br)cs3)o2)cc1. The summed E-state index contributed by atoms with van der Waals surface area (Å²) in [6.45, 7) is 4.67. The predicted molar refractivity (Wildman–Crippen MR) is 109 cm³/mol. The lowest BCUT2D eigenvalue weighted by Crippen LogP contribution is -1.94. The van der Waals surface area contributed by atoms with Crippen LogP contribution in [0.3, 0.4) is 0 Å². The molecule has 1 aromatic carbocycles. The topological polar surface area (TPSA) is 39.4 Å². The lowest BCUT2D eigenvalue weighted by molar-refractivity contribution is 0.105. The number of allylic oxidation sites excluding steroid dienone is 1. The molecule has 0 aliphatic carbocycles. The van der Waals surface area contributed by atoms with Crippen LogP contribution < -0.4 is 4.74 Å². The molecule has 0 bridgehead atoms. The highest BCUT2D eigenvalue weighted by molar-refractivity contribution is 9.10. The maximum absolute atomic E-state index is 12.1. The fourth-order valence-corrected chi connectivity index (χ4v) is 3.69. The molecule has 3 nitrogen and oxygen atoms in total. The first-order chi connectivity index (χ1) is 12.5. The van der Waals surface area contributed by atoms with Crippen LogP contribution in [0.15, 0.2) is 62.8 Å². The van der Waals surface area contributed by atoms with Gasteiger partial charge in [0.1, 0.15) is 23.9 Å². The van der Waals surface area contributed by atoms with Crippen molar-refractivity contribution in [1.82, 2.24) is 0 Å². The van der Waals surface area contributed by atoms with Gasteiger partial charge in [0.25, 0.3) is 0 Å². The summed E-state index contributed by atoms with van der Waals surface area (Å²) >= 11 is 4.76. The summed E-state index contributed by atoms with van der Waals surface area (Å²) in [6.07, 6.45) is 3.20. The quantitative estimate of drug-likeness (QED) is 0.309. The Balaban J connectivity index is 1.56. The highest BCUT2D eigenvalue weighted by Gasteiger charge is 2.06. The zero-order valence-corrected chi connectivity index (χ0v) is 17.0. The summed E-state index contributed by atoms with van der Waals surface area (Å²) in [5, 5.41) is 1.89. The second-order valence-electron chi connectivity index (χ2n) is 6.14.